The molecule has 2 N–H and O–H groups in total. The fraction of sp³-hybridized carbons (Fsp3) is 0.706. The van der Waals surface area contributed by atoms with Crippen molar-refractivity contribution in [3.8, 4) is 0 Å². The molecule has 1 spiro atoms. The number of hydrogen-bond donors (Lipinski definition) is 2. The minimum Gasteiger partial charge on any atom is -0.439 e. The highest BCUT2D eigenvalue weighted by atomic mass is 16.6. The first-order valence-corrected chi connectivity index (χ1v) is 8.95. The molecule has 2 amide bonds. The maximum absolute atomic E-state index is 12.6. The molecule has 1 aromatic rings. The summed E-state index contributed by atoms with van der Waals surface area (Å²) < 4.78 is 5.43. The van der Waals surface area contributed by atoms with Gasteiger partial charge in [-0.2, -0.15) is 5.10 Å². The molecule has 0 bridgehead atoms. The number of rotatable bonds is 3. The van der Waals surface area contributed by atoms with E-state index in [0.717, 1.165) is 37.9 Å². The normalized spacial score (nSPS) is 26.2. The Hall–Kier alpha value is -2.05. The largest absolute Gasteiger partial charge is 0.439 e. The van der Waals surface area contributed by atoms with Gasteiger partial charge >= 0.3 is 6.09 Å². The molecule has 1 aliphatic carbocycles. The van der Waals surface area contributed by atoms with E-state index in [9.17, 15) is 9.59 Å². The second-order valence-corrected chi connectivity index (χ2v) is 7.18. The second-order valence-electron chi connectivity index (χ2n) is 7.18. The van der Waals surface area contributed by atoms with Crippen LogP contribution in [-0.4, -0.2) is 52.3 Å². The van der Waals surface area contributed by atoms with E-state index >= 15 is 0 Å². The van der Waals surface area contributed by atoms with Crippen molar-refractivity contribution in [2.75, 3.05) is 19.6 Å². The zero-order valence-corrected chi connectivity index (χ0v) is 13.9. The van der Waals surface area contributed by atoms with Gasteiger partial charge in [0.25, 0.3) is 0 Å². The van der Waals surface area contributed by atoms with Crippen molar-refractivity contribution in [1.82, 2.24) is 20.4 Å². The highest BCUT2D eigenvalue weighted by Crippen LogP contribution is 2.29. The fourth-order valence-corrected chi connectivity index (χ4v) is 4.18. The summed E-state index contributed by atoms with van der Waals surface area (Å²) in [6.07, 6.45) is 7.05. The lowest BCUT2D eigenvalue weighted by Crippen LogP contribution is -2.52. The van der Waals surface area contributed by atoms with Gasteiger partial charge in [0.2, 0.25) is 5.91 Å². The molecule has 0 unspecified atom stereocenters. The van der Waals surface area contributed by atoms with Crippen LogP contribution < -0.4 is 5.32 Å². The highest BCUT2D eigenvalue weighted by molar-refractivity contribution is 5.77. The molecule has 7 nitrogen and oxygen atoms in total. The Labute approximate surface area is 141 Å². The molecule has 2 saturated heterocycles. The van der Waals surface area contributed by atoms with Gasteiger partial charge in [-0.15, -0.1) is 0 Å². The molecule has 24 heavy (non-hydrogen) atoms. The Morgan fingerprint density at radius 2 is 2.17 bits per heavy atom. The number of nitrogens with zero attached hydrogens (tertiary/aromatic N) is 2. The van der Waals surface area contributed by atoms with Gasteiger partial charge in [-0.05, 0) is 44.1 Å². The summed E-state index contributed by atoms with van der Waals surface area (Å²) in [5.41, 5.74) is 3.12. The zero-order valence-electron chi connectivity index (χ0n) is 13.9. The molecule has 130 valence electrons. The van der Waals surface area contributed by atoms with Gasteiger partial charge in [0.05, 0.1) is 18.8 Å². The van der Waals surface area contributed by atoms with Crippen molar-refractivity contribution in [1.29, 1.82) is 0 Å². The molecule has 0 aromatic carbocycles. The molecule has 0 saturated carbocycles. The summed E-state index contributed by atoms with van der Waals surface area (Å²) in [7, 11) is 0. The first-order valence-electron chi connectivity index (χ1n) is 8.95. The number of amides is 2. The Kier molecular flexibility index (Phi) is 3.94. The molecule has 2 fully saturated rings. The molecule has 1 aromatic heterocycles. The van der Waals surface area contributed by atoms with Crippen LogP contribution in [-0.2, 0) is 28.8 Å². The third-order valence-electron chi connectivity index (χ3n) is 5.47. The quantitative estimate of drug-likeness (QED) is 0.874. The number of nitrogens with one attached hydrogen (secondary N) is 2. The monoisotopic (exact) mass is 332 g/mol. The highest BCUT2D eigenvalue weighted by Gasteiger charge is 2.44. The lowest BCUT2D eigenvalue weighted by Gasteiger charge is -2.38. The number of alkyl carbamates (subject to hydrolysis) is 1. The summed E-state index contributed by atoms with van der Waals surface area (Å²) in [4.78, 5) is 25.8. The van der Waals surface area contributed by atoms with E-state index < -0.39 is 5.60 Å². The molecule has 4 rings (SSSR count). The van der Waals surface area contributed by atoms with E-state index in [2.05, 4.69) is 15.5 Å². The average molecular weight is 332 g/mol. The average Bonchev–Trinajstić information content (AvgIpc) is 3.16. The molecule has 3 heterocycles. The van der Waals surface area contributed by atoms with Crippen LogP contribution in [0.5, 0.6) is 0 Å². The minimum absolute atomic E-state index is 0.129. The zero-order chi connectivity index (χ0) is 16.6. The summed E-state index contributed by atoms with van der Waals surface area (Å²) in [5, 5.41) is 10.3. The van der Waals surface area contributed by atoms with E-state index in [4.69, 9.17) is 4.74 Å². The predicted molar refractivity (Wildman–Crippen MR) is 86.6 cm³/mol. The standard InChI is InChI=1S/C17H24N4O3/c22-15(7-6-14-12-4-1-2-5-13(12)19-20-14)21-9-3-8-17(11-21)10-18-16(23)24-17/h1-11H2,(H,18,23)(H,19,20)/t17-/m1/s1. The van der Waals surface area contributed by atoms with Crippen LogP contribution in [0.3, 0.4) is 0 Å². The van der Waals surface area contributed by atoms with Gasteiger partial charge < -0.3 is 15.0 Å². The van der Waals surface area contributed by atoms with E-state index in [1.54, 1.807) is 0 Å². The number of fused-ring (bicyclic) bond motifs is 1. The van der Waals surface area contributed by atoms with Crippen molar-refractivity contribution in [3.05, 3.63) is 17.0 Å². The van der Waals surface area contributed by atoms with Crippen LogP contribution >= 0.6 is 0 Å². The lowest BCUT2D eigenvalue weighted by atomic mass is 9.92. The summed E-state index contributed by atoms with van der Waals surface area (Å²) in [6, 6.07) is 0. The first kappa shape index (κ1) is 15.5. The number of carbonyl (C=O) groups excluding carboxylic acids is 2. The number of H-pyrrole nitrogens is 1. The first-order chi connectivity index (χ1) is 11.7. The van der Waals surface area contributed by atoms with E-state index in [1.165, 1.54) is 24.1 Å². The number of piperidine rings is 1. The van der Waals surface area contributed by atoms with E-state index in [0.29, 0.717) is 25.9 Å². The minimum atomic E-state index is -0.517. The van der Waals surface area contributed by atoms with Crippen molar-refractivity contribution in [2.24, 2.45) is 0 Å². The van der Waals surface area contributed by atoms with Gasteiger partial charge in [0.15, 0.2) is 0 Å². The number of likely N-dealkylation sites (tertiary alicyclic amines) is 1. The molecular weight excluding hydrogens is 308 g/mol. The topological polar surface area (TPSA) is 87.3 Å². The number of aromatic amines is 1. The fourth-order valence-electron chi connectivity index (χ4n) is 4.18. The van der Waals surface area contributed by atoms with Gasteiger partial charge in [-0.3, -0.25) is 9.89 Å². The number of aryl methyl sites for hydroxylation is 2. The third-order valence-corrected chi connectivity index (χ3v) is 5.47. The smallest absolute Gasteiger partial charge is 0.407 e. The van der Waals surface area contributed by atoms with Crippen molar-refractivity contribution < 1.29 is 14.3 Å². The second kappa shape index (κ2) is 6.11. The van der Waals surface area contributed by atoms with Crippen LogP contribution in [0.15, 0.2) is 0 Å². The SMILES string of the molecule is O=C1NC[C@@]2(CCCN(C(=O)CCc3n[nH]c4c3CCCC4)C2)O1. The Bertz CT molecular complexity index is 656. The van der Waals surface area contributed by atoms with Crippen LogP contribution in [0.4, 0.5) is 4.79 Å². The van der Waals surface area contributed by atoms with Crippen molar-refractivity contribution in [3.63, 3.8) is 0 Å². The Morgan fingerprint density at radius 1 is 1.29 bits per heavy atom. The predicted octanol–water partition coefficient (Wildman–Crippen LogP) is 1.32. The molecule has 7 heteroatoms. The number of ether oxygens (including phenoxy) is 1. The Morgan fingerprint density at radius 3 is 3.00 bits per heavy atom. The molecule has 0 radical (unpaired) electrons. The van der Waals surface area contributed by atoms with E-state index in [-0.39, 0.29) is 12.0 Å². The van der Waals surface area contributed by atoms with Crippen LogP contribution in [0.25, 0.3) is 0 Å². The van der Waals surface area contributed by atoms with Gasteiger partial charge in [0, 0.05) is 25.1 Å². The van der Waals surface area contributed by atoms with Crippen molar-refractivity contribution in [2.45, 2.75) is 57.0 Å². The van der Waals surface area contributed by atoms with Gasteiger partial charge in [0.1, 0.15) is 5.60 Å². The maximum Gasteiger partial charge on any atom is 0.407 e. The number of hydrogen-bond acceptors (Lipinski definition) is 4. The number of aromatic nitrogens is 2. The number of carbonyl (C=O) groups is 2. The van der Waals surface area contributed by atoms with Crippen molar-refractivity contribution >= 4 is 12.0 Å². The van der Waals surface area contributed by atoms with Crippen LogP contribution in [0, 0.1) is 0 Å². The van der Waals surface area contributed by atoms with E-state index in [1.807, 2.05) is 4.90 Å². The summed E-state index contributed by atoms with van der Waals surface area (Å²) in [6.45, 7) is 1.75. The molecular formula is C17H24N4O3. The molecule has 1 atom stereocenters. The molecule has 2 aliphatic heterocycles. The van der Waals surface area contributed by atoms with Gasteiger partial charge in [-0.1, -0.05) is 0 Å². The van der Waals surface area contributed by atoms with Crippen LogP contribution in [0.1, 0.15) is 49.1 Å². The maximum atomic E-state index is 12.6. The summed E-state index contributed by atoms with van der Waals surface area (Å²) in [5.74, 6) is 0.129. The van der Waals surface area contributed by atoms with Gasteiger partial charge in [-0.25, -0.2) is 4.79 Å². The Balaban J connectivity index is 1.36. The summed E-state index contributed by atoms with van der Waals surface area (Å²) >= 11 is 0. The van der Waals surface area contributed by atoms with Crippen LogP contribution in [0.2, 0.25) is 0 Å². The lowest BCUT2D eigenvalue weighted by molar-refractivity contribution is -0.136. The third kappa shape index (κ3) is 2.87. The molecule has 3 aliphatic rings.